The lowest BCUT2D eigenvalue weighted by molar-refractivity contribution is 0.416. The number of ether oxygens (including phenoxy) is 1. The standard InChI is InChI=1S/C10H16N4O/c1-14(2)10(11)13-12-8-6-4-5-7-9(8)15-3/h4-7,12H,1-3H3,(H2,11,13). The zero-order valence-corrected chi connectivity index (χ0v) is 9.19. The third-order valence-electron chi connectivity index (χ3n) is 1.86. The second-order valence-corrected chi connectivity index (χ2v) is 3.18. The Labute approximate surface area is 89.5 Å². The molecule has 3 N–H and O–H groups in total. The van der Waals surface area contributed by atoms with Gasteiger partial charge >= 0.3 is 0 Å². The smallest absolute Gasteiger partial charge is 0.213 e. The molecule has 1 rings (SSSR count). The van der Waals surface area contributed by atoms with Crippen LogP contribution in [0.1, 0.15) is 0 Å². The van der Waals surface area contributed by atoms with Gasteiger partial charge in [-0.15, -0.1) is 5.10 Å². The molecule has 0 saturated heterocycles. The summed E-state index contributed by atoms with van der Waals surface area (Å²) >= 11 is 0. The van der Waals surface area contributed by atoms with Crippen LogP contribution in [-0.2, 0) is 0 Å². The summed E-state index contributed by atoms with van der Waals surface area (Å²) in [5, 5.41) is 3.99. The lowest BCUT2D eigenvalue weighted by Crippen LogP contribution is -2.31. The van der Waals surface area contributed by atoms with Crippen molar-refractivity contribution >= 4 is 11.6 Å². The van der Waals surface area contributed by atoms with Gasteiger partial charge in [-0.05, 0) is 12.1 Å². The number of benzene rings is 1. The summed E-state index contributed by atoms with van der Waals surface area (Å²) in [4.78, 5) is 1.71. The van der Waals surface area contributed by atoms with Gasteiger partial charge in [-0.1, -0.05) is 12.1 Å². The van der Waals surface area contributed by atoms with Crippen LogP contribution >= 0.6 is 0 Å². The Morgan fingerprint density at radius 2 is 2.07 bits per heavy atom. The fourth-order valence-electron chi connectivity index (χ4n) is 0.955. The minimum absolute atomic E-state index is 0.404. The molecule has 0 bridgehead atoms. The largest absolute Gasteiger partial charge is 0.495 e. The second kappa shape index (κ2) is 5.09. The molecule has 0 unspecified atom stereocenters. The topological polar surface area (TPSA) is 62.9 Å². The van der Waals surface area contributed by atoms with Gasteiger partial charge in [0.15, 0.2) is 0 Å². The number of methoxy groups -OCH3 is 1. The first-order chi connectivity index (χ1) is 7.15. The minimum atomic E-state index is 0.404. The maximum atomic E-state index is 5.63. The van der Waals surface area contributed by atoms with Gasteiger partial charge in [0.2, 0.25) is 5.96 Å². The summed E-state index contributed by atoms with van der Waals surface area (Å²) in [6.07, 6.45) is 0. The van der Waals surface area contributed by atoms with Gasteiger partial charge < -0.3 is 15.4 Å². The van der Waals surface area contributed by atoms with Gasteiger partial charge in [-0.2, -0.15) is 0 Å². The van der Waals surface area contributed by atoms with E-state index in [1.54, 1.807) is 12.0 Å². The molecule has 0 amide bonds. The van der Waals surface area contributed by atoms with E-state index in [-0.39, 0.29) is 0 Å². The monoisotopic (exact) mass is 208 g/mol. The molecule has 0 spiro atoms. The summed E-state index contributed by atoms with van der Waals surface area (Å²) in [7, 11) is 5.25. The second-order valence-electron chi connectivity index (χ2n) is 3.18. The van der Waals surface area contributed by atoms with Crippen molar-refractivity contribution < 1.29 is 4.74 Å². The molecule has 0 aliphatic rings. The van der Waals surface area contributed by atoms with E-state index in [9.17, 15) is 0 Å². The van der Waals surface area contributed by atoms with Gasteiger partial charge in [0.05, 0.1) is 12.8 Å². The quantitative estimate of drug-likeness (QED) is 0.440. The number of hydrogen-bond donors (Lipinski definition) is 2. The number of rotatable bonds is 3. The molecule has 5 heteroatoms. The molecule has 0 atom stereocenters. The number of nitrogens with two attached hydrogens (primary N) is 1. The van der Waals surface area contributed by atoms with Crippen molar-refractivity contribution in [3.63, 3.8) is 0 Å². The normalized spacial score (nSPS) is 11.0. The molecule has 0 radical (unpaired) electrons. The number of hydrazone groups is 1. The average Bonchev–Trinajstić information content (AvgIpc) is 2.26. The minimum Gasteiger partial charge on any atom is -0.495 e. The van der Waals surface area contributed by atoms with Crippen molar-refractivity contribution in [2.75, 3.05) is 26.6 Å². The number of anilines is 1. The molecule has 1 aromatic carbocycles. The molecule has 0 fully saturated rings. The van der Waals surface area contributed by atoms with E-state index in [0.29, 0.717) is 5.96 Å². The van der Waals surface area contributed by atoms with E-state index < -0.39 is 0 Å². The van der Waals surface area contributed by atoms with Gasteiger partial charge in [0.25, 0.3) is 0 Å². The Morgan fingerprint density at radius 3 is 2.67 bits per heavy atom. The van der Waals surface area contributed by atoms with Crippen LogP contribution in [-0.4, -0.2) is 32.1 Å². The lowest BCUT2D eigenvalue weighted by Gasteiger charge is -2.12. The van der Waals surface area contributed by atoms with E-state index in [1.807, 2.05) is 38.4 Å². The number of hydrogen-bond acceptors (Lipinski definition) is 3. The maximum Gasteiger partial charge on any atom is 0.213 e. The Bertz CT molecular complexity index is 349. The zero-order chi connectivity index (χ0) is 11.3. The summed E-state index contributed by atoms with van der Waals surface area (Å²) in [5.74, 6) is 1.13. The van der Waals surface area contributed by atoms with E-state index >= 15 is 0 Å². The fourth-order valence-corrected chi connectivity index (χ4v) is 0.955. The Kier molecular flexibility index (Phi) is 3.79. The number of nitrogens with one attached hydrogen (secondary N) is 1. The molecule has 0 aliphatic carbocycles. The third-order valence-corrected chi connectivity index (χ3v) is 1.86. The van der Waals surface area contributed by atoms with Crippen LogP contribution in [0.25, 0.3) is 0 Å². The summed E-state index contributed by atoms with van der Waals surface area (Å²) in [6.45, 7) is 0. The van der Waals surface area contributed by atoms with Crippen LogP contribution in [0.5, 0.6) is 5.75 Å². The van der Waals surface area contributed by atoms with E-state index in [0.717, 1.165) is 11.4 Å². The first kappa shape index (κ1) is 11.2. The van der Waals surface area contributed by atoms with Crippen LogP contribution in [0.15, 0.2) is 29.4 Å². The average molecular weight is 208 g/mol. The van der Waals surface area contributed by atoms with E-state index in [4.69, 9.17) is 10.5 Å². The van der Waals surface area contributed by atoms with Crippen molar-refractivity contribution in [2.24, 2.45) is 10.8 Å². The Hall–Kier alpha value is -1.91. The number of nitrogens with zero attached hydrogens (tertiary/aromatic N) is 2. The molecule has 0 aromatic heterocycles. The summed E-state index contributed by atoms with van der Waals surface area (Å²) in [5.41, 5.74) is 9.25. The Morgan fingerprint density at radius 1 is 1.40 bits per heavy atom. The zero-order valence-electron chi connectivity index (χ0n) is 9.19. The third kappa shape index (κ3) is 3.05. The SMILES string of the molecule is COc1ccccc1N/N=C(\N)N(C)C. The highest BCUT2D eigenvalue weighted by molar-refractivity contribution is 5.78. The molecule has 15 heavy (non-hydrogen) atoms. The number of guanidine groups is 1. The Balaban J connectivity index is 2.77. The molecular weight excluding hydrogens is 192 g/mol. The van der Waals surface area contributed by atoms with Crippen molar-refractivity contribution in [3.05, 3.63) is 24.3 Å². The molecule has 0 saturated carbocycles. The predicted octanol–water partition coefficient (Wildman–Crippen LogP) is 0.898. The first-order valence-corrected chi connectivity index (χ1v) is 4.54. The maximum absolute atomic E-state index is 5.63. The van der Waals surface area contributed by atoms with Crippen LogP contribution in [0, 0.1) is 0 Å². The molecule has 82 valence electrons. The molecule has 0 heterocycles. The van der Waals surface area contributed by atoms with Crippen LogP contribution in [0.3, 0.4) is 0 Å². The lowest BCUT2D eigenvalue weighted by atomic mass is 10.3. The highest BCUT2D eigenvalue weighted by atomic mass is 16.5. The first-order valence-electron chi connectivity index (χ1n) is 4.54. The van der Waals surface area contributed by atoms with Crippen LogP contribution < -0.4 is 15.9 Å². The van der Waals surface area contributed by atoms with E-state index in [1.165, 1.54) is 0 Å². The van der Waals surface area contributed by atoms with Gasteiger partial charge in [0.1, 0.15) is 5.75 Å². The van der Waals surface area contributed by atoms with Crippen molar-refractivity contribution in [2.45, 2.75) is 0 Å². The highest BCUT2D eigenvalue weighted by Crippen LogP contribution is 2.22. The van der Waals surface area contributed by atoms with Gasteiger partial charge in [-0.3, -0.25) is 5.43 Å². The van der Waals surface area contributed by atoms with Gasteiger partial charge in [0, 0.05) is 14.1 Å². The van der Waals surface area contributed by atoms with Crippen molar-refractivity contribution in [3.8, 4) is 5.75 Å². The fraction of sp³-hybridized carbons (Fsp3) is 0.300. The van der Waals surface area contributed by atoms with Crippen molar-refractivity contribution in [1.29, 1.82) is 0 Å². The van der Waals surface area contributed by atoms with Gasteiger partial charge in [-0.25, -0.2) is 0 Å². The molecule has 0 aliphatic heterocycles. The van der Waals surface area contributed by atoms with Crippen molar-refractivity contribution in [1.82, 2.24) is 4.90 Å². The molecule has 1 aromatic rings. The van der Waals surface area contributed by atoms with E-state index in [2.05, 4.69) is 10.5 Å². The van der Waals surface area contributed by atoms with Crippen LogP contribution in [0.4, 0.5) is 5.69 Å². The highest BCUT2D eigenvalue weighted by Gasteiger charge is 2.00. The number of para-hydroxylation sites is 2. The van der Waals surface area contributed by atoms with Crippen LogP contribution in [0.2, 0.25) is 0 Å². The summed E-state index contributed by atoms with van der Waals surface area (Å²) in [6, 6.07) is 7.50. The predicted molar refractivity (Wildman–Crippen MR) is 61.9 cm³/mol. The summed E-state index contributed by atoms with van der Waals surface area (Å²) < 4.78 is 5.15. The molecule has 5 nitrogen and oxygen atoms in total. The molecular formula is C10H16N4O.